The molecule has 7 nitrogen and oxygen atoms in total. The predicted molar refractivity (Wildman–Crippen MR) is 72.8 cm³/mol. The van der Waals surface area contributed by atoms with Gasteiger partial charge in [0.15, 0.2) is 0 Å². The fourth-order valence-electron chi connectivity index (χ4n) is 2.17. The van der Waals surface area contributed by atoms with E-state index in [2.05, 4.69) is 5.32 Å². The molecule has 114 valence electrons. The van der Waals surface area contributed by atoms with Crippen molar-refractivity contribution in [2.45, 2.75) is 32.7 Å². The van der Waals surface area contributed by atoms with E-state index in [9.17, 15) is 14.4 Å². The Labute approximate surface area is 118 Å². The highest BCUT2D eigenvalue weighted by Crippen LogP contribution is 2.19. The van der Waals surface area contributed by atoms with Gasteiger partial charge >= 0.3 is 5.97 Å². The van der Waals surface area contributed by atoms with Gasteiger partial charge in [-0.15, -0.1) is 0 Å². The van der Waals surface area contributed by atoms with Crippen LogP contribution in [0.3, 0.4) is 0 Å². The lowest BCUT2D eigenvalue weighted by Crippen LogP contribution is -2.47. The molecule has 0 radical (unpaired) electrons. The van der Waals surface area contributed by atoms with Gasteiger partial charge in [-0.3, -0.25) is 14.4 Å². The molecular weight excluding hydrogens is 262 g/mol. The molecule has 0 aliphatic carbocycles. The molecule has 1 aliphatic rings. The number of aliphatic carboxylic acids is 1. The Hall–Kier alpha value is -1.63. The summed E-state index contributed by atoms with van der Waals surface area (Å²) in [7, 11) is 0. The van der Waals surface area contributed by atoms with E-state index in [1.54, 1.807) is 4.90 Å². The maximum absolute atomic E-state index is 11.9. The number of likely N-dealkylation sites (tertiary alicyclic amines) is 1. The zero-order valence-corrected chi connectivity index (χ0v) is 12.0. The van der Waals surface area contributed by atoms with Crippen LogP contribution in [-0.2, 0) is 14.4 Å². The van der Waals surface area contributed by atoms with Gasteiger partial charge in [-0.1, -0.05) is 13.8 Å². The lowest BCUT2D eigenvalue weighted by Gasteiger charge is -2.19. The largest absolute Gasteiger partial charge is 0.481 e. The fraction of sp³-hybridized carbons (Fsp3) is 0.769. The Morgan fingerprint density at radius 1 is 1.40 bits per heavy atom. The van der Waals surface area contributed by atoms with E-state index in [1.807, 2.05) is 13.8 Å². The first-order valence-electron chi connectivity index (χ1n) is 6.84. The summed E-state index contributed by atoms with van der Waals surface area (Å²) in [6.07, 6.45) is 0.770. The lowest BCUT2D eigenvalue weighted by atomic mass is 10.1. The third-order valence-electron chi connectivity index (χ3n) is 3.54. The molecule has 1 unspecified atom stereocenters. The molecule has 1 heterocycles. The number of hydrogen-bond donors (Lipinski definition) is 3. The van der Waals surface area contributed by atoms with Crippen molar-refractivity contribution in [2.75, 3.05) is 19.6 Å². The van der Waals surface area contributed by atoms with Gasteiger partial charge in [0.2, 0.25) is 11.8 Å². The number of amides is 2. The Morgan fingerprint density at radius 3 is 2.60 bits per heavy atom. The number of nitrogens with one attached hydrogen (secondary N) is 1. The van der Waals surface area contributed by atoms with Gasteiger partial charge in [0.25, 0.3) is 0 Å². The summed E-state index contributed by atoms with van der Waals surface area (Å²) in [5.41, 5.74) is 5.67. The van der Waals surface area contributed by atoms with Gasteiger partial charge in [0.05, 0.1) is 12.6 Å². The predicted octanol–water partition coefficient (Wildman–Crippen LogP) is -0.591. The van der Waals surface area contributed by atoms with Crippen LogP contribution in [-0.4, -0.2) is 53.5 Å². The molecule has 0 bridgehead atoms. The zero-order chi connectivity index (χ0) is 15.3. The minimum Gasteiger partial charge on any atom is -0.481 e. The molecular formula is C13H23N3O4. The van der Waals surface area contributed by atoms with Crippen molar-refractivity contribution in [3.63, 3.8) is 0 Å². The van der Waals surface area contributed by atoms with E-state index in [0.29, 0.717) is 19.5 Å². The van der Waals surface area contributed by atoms with Gasteiger partial charge < -0.3 is 21.1 Å². The van der Waals surface area contributed by atoms with Crippen molar-refractivity contribution < 1.29 is 19.5 Å². The summed E-state index contributed by atoms with van der Waals surface area (Å²) in [6.45, 7) is 4.57. The van der Waals surface area contributed by atoms with Gasteiger partial charge in [-0.2, -0.15) is 0 Å². The molecule has 1 aliphatic heterocycles. The van der Waals surface area contributed by atoms with E-state index < -0.39 is 12.0 Å². The second-order valence-corrected chi connectivity index (χ2v) is 5.58. The molecule has 0 aromatic carbocycles. The number of carbonyl (C=O) groups is 3. The lowest BCUT2D eigenvalue weighted by molar-refractivity contribution is -0.138. The van der Waals surface area contributed by atoms with Gasteiger partial charge in [-0.05, 0) is 18.3 Å². The molecule has 1 saturated heterocycles. The summed E-state index contributed by atoms with van der Waals surface area (Å²) in [5.74, 6) is -1.36. The van der Waals surface area contributed by atoms with Crippen molar-refractivity contribution in [3.05, 3.63) is 0 Å². The van der Waals surface area contributed by atoms with Crippen LogP contribution in [0.15, 0.2) is 0 Å². The molecule has 20 heavy (non-hydrogen) atoms. The van der Waals surface area contributed by atoms with Crippen molar-refractivity contribution in [3.8, 4) is 0 Å². The maximum atomic E-state index is 11.9. The third kappa shape index (κ3) is 4.80. The number of carboxylic acids is 1. The molecule has 7 heteroatoms. The Bertz CT molecular complexity index is 384. The Kier molecular flexibility index (Phi) is 5.94. The Morgan fingerprint density at radius 2 is 2.05 bits per heavy atom. The smallest absolute Gasteiger partial charge is 0.303 e. The minimum absolute atomic E-state index is 0.00470. The first kappa shape index (κ1) is 16.4. The van der Waals surface area contributed by atoms with Crippen LogP contribution >= 0.6 is 0 Å². The SMILES string of the molecule is CC(C)[C@H](N)C(=O)NCC(=O)N1CCC(CC(=O)O)C1. The van der Waals surface area contributed by atoms with Crippen LogP contribution in [0.25, 0.3) is 0 Å². The van der Waals surface area contributed by atoms with Gasteiger partial charge in [-0.25, -0.2) is 0 Å². The standard InChI is InChI=1S/C13H23N3O4/c1-8(2)12(14)13(20)15-6-10(17)16-4-3-9(7-16)5-11(18)19/h8-9,12H,3-7,14H2,1-2H3,(H,15,20)(H,18,19)/t9?,12-/m0/s1. The van der Waals surface area contributed by atoms with Crippen LogP contribution in [0.5, 0.6) is 0 Å². The van der Waals surface area contributed by atoms with Crippen LogP contribution in [0, 0.1) is 11.8 Å². The second-order valence-electron chi connectivity index (χ2n) is 5.58. The fourth-order valence-corrected chi connectivity index (χ4v) is 2.17. The van der Waals surface area contributed by atoms with E-state index >= 15 is 0 Å². The number of hydrogen-bond acceptors (Lipinski definition) is 4. The molecule has 4 N–H and O–H groups in total. The Balaban J connectivity index is 2.34. The summed E-state index contributed by atoms with van der Waals surface area (Å²) in [4.78, 5) is 35.7. The highest BCUT2D eigenvalue weighted by atomic mass is 16.4. The summed E-state index contributed by atoms with van der Waals surface area (Å²) < 4.78 is 0. The van der Waals surface area contributed by atoms with E-state index in [0.717, 1.165) is 0 Å². The number of rotatable bonds is 6. The molecule has 0 aromatic rings. The van der Waals surface area contributed by atoms with Crippen molar-refractivity contribution in [2.24, 2.45) is 17.6 Å². The molecule has 1 fully saturated rings. The zero-order valence-electron chi connectivity index (χ0n) is 12.0. The topological polar surface area (TPSA) is 113 Å². The second kappa shape index (κ2) is 7.23. The molecule has 1 rings (SSSR count). The number of carbonyl (C=O) groups excluding carboxylic acids is 2. The van der Waals surface area contributed by atoms with Crippen molar-refractivity contribution >= 4 is 17.8 Å². The molecule has 0 saturated carbocycles. The first-order chi connectivity index (χ1) is 9.31. The molecule has 2 amide bonds. The number of carboxylic acid groups (broad SMARTS) is 1. The van der Waals surface area contributed by atoms with E-state index in [4.69, 9.17) is 10.8 Å². The van der Waals surface area contributed by atoms with Crippen LogP contribution in [0.2, 0.25) is 0 Å². The third-order valence-corrected chi connectivity index (χ3v) is 3.54. The maximum Gasteiger partial charge on any atom is 0.303 e. The van der Waals surface area contributed by atoms with Gasteiger partial charge in [0.1, 0.15) is 0 Å². The quantitative estimate of drug-likeness (QED) is 0.603. The number of nitrogens with two attached hydrogens (primary N) is 1. The number of nitrogens with zero attached hydrogens (tertiary/aromatic N) is 1. The van der Waals surface area contributed by atoms with Crippen molar-refractivity contribution in [1.82, 2.24) is 10.2 Å². The average Bonchev–Trinajstić information content (AvgIpc) is 2.81. The summed E-state index contributed by atoms with van der Waals surface area (Å²) >= 11 is 0. The summed E-state index contributed by atoms with van der Waals surface area (Å²) in [6, 6.07) is -0.624. The monoisotopic (exact) mass is 285 g/mol. The van der Waals surface area contributed by atoms with Gasteiger partial charge in [0, 0.05) is 19.5 Å². The van der Waals surface area contributed by atoms with Crippen LogP contribution < -0.4 is 11.1 Å². The van der Waals surface area contributed by atoms with E-state index in [-0.39, 0.29) is 36.6 Å². The molecule has 0 spiro atoms. The first-order valence-corrected chi connectivity index (χ1v) is 6.84. The van der Waals surface area contributed by atoms with Crippen molar-refractivity contribution in [1.29, 1.82) is 0 Å². The normalized spacial score (nSPS) is 20.0. The van der Waals surface area contributed by atoms with Crippen LogP contribution in [0.4, 0.5) is 0 Å². The minimum atomic E-state index is -0.847. The molecule has 0 aromatic heterocycles. The highest BCUT2D eigenvalue weighted by molar-refractivity contribution is 5.87. The highest BCUT2D eigenvalue weighted by Gasteiger charge is 2.28. The summed E-state index contributed by atoms with van der Waals surface area (Å²) in [5, 5.41) is 11.2. The average molecular weight is 285 g/mol. The van der Waals surface area contributed by atoms with Crippen LogP contribution in [0.1, 0.15) is 26.7 Å². The van der Waals surface area contributed by atoms with E-state index in [1.165, 1.54) is 0 Å². The molecule has 2 atom stereocenters.